The van der Waals surface area contributed by atoms with Crippen LogP contribution in [-0.2, 0) is 14.3 Å². The van der Waals surface area contributed by atoms with Crippen LogP contribution in [0.2, 0.25) is 0 Å². The summed E-state index contributed by atoms with van der Waals surface area (Å²) in [5.41, 5.74) is -0.512. The standard InChI is InChI=1S/C13H23NO4/c1-6-17-11(15)10-8-14(7-9(10)2)12(16)18-13(3,4)5/h9-10H,6-8H2,1-5H3/t9-,10+/m0/s1. The molecule has 0 bridgehead atoms. The lowest BCUT2D eigenvalue weighted by Gasteiger charge is -2.24. The molecule has 1 aliphatic rings. The van der Waals surface area contributed by atoms with Crippen LogP contribution in [0.15, 0.2) is 0 Å². The number of amides is 1. The highest BCUT2D eigenvalue weighted by molar-refractivity contribution is 5.76. The first-order chi connectivity index (χ1) is 8.24. The average Bonchev–Trinajstić information content (AvgIpc) is 2.58. The van der Waals surface area contributed by atoms with Gasteiger partial charge in [0, 0.05) is 13.1 Å². The SMILES string of the molecule is CCOC(=O)[C@@H]1CN(C(=O)OC(C)(C)C)C[C@@H]1C. The van der Waals surface area contributed by atoms with E-state index in [0.717, 1.165) is 0 Å². The van der Waals surface area contributed by atoms with Gasteiger partial charge in [0.2, 0.25) is 0 Å². The number of carbonyl (C=O) groups excluding carboxylic acids is 2. The maximum absolute atomic E-state index is 11.9. The van der Waals surface area contributed by atoms with Gasteiger partial charge in [-0.15, -0.1) is 0 Å². The fraction of sp³-hybridized carbons (Fsp3) is 0.846. The molecule has 0 N–H and O–H groups in total. The molecule has 1 aliphatic heterocycles. The van der Waals surface area contributed by atoms with Gasteiger partial charge in [-0.25, -0.2) is 4.79 Å². The number of nitrogens with zero attached hydrogens (tertiary/aromatic N) is 1. The van der Waals surface area contributed by atoms with Gasteiger partial charge in [0.1, 0.15) is 5.60 Å². The zero-order valence-corrected chi connectivity index (χ0v) is 11.9. The molecule has 18 heavy (non-hydrogen) atoms. The Morgan fingerprint density at radius 3 is 2.39 bits per heavy atom. The first-order valence-electron chi connectivity index (χ1n) is 6.39. The van der Waals surface area contributed by atoms with Crippen LogP contribution in [0, 0.1) is 11.8 Å². The van der Waals surface area contributed by atoms with Crippen LogP contribution in [0.25, 0.3) is 0 Å². The molecule has 0 aliphatic carbocycles. The Morgan fingerprint density at radius 1 is 1.28 bits per heavy atom. The monoisotopic (exact) mass is 257 g/mol. The molecule has 1 fully saturated rings. The molecular weight excluding hydrogens is 234 g/mol. The van der Waals surface area contributed by atoms with Gasteiger partial charge >= 0.3 is 12.1 Å². The minimum absolute atomic E-state index is 0.108. The van der Waals surface area contributed by atoms with Gasteiger partial charge in [-0.3, -0.25) is 4.79 Å². The normalized spacial score (nSPS) is 23.9. The van der Waals surface area contributed by atoms with Crippen LogP contribution < -0.4 is 0 Å². The number of hydrogen-bond acceptors (Lipinski definition) is 4. The Balaban J connectivity index is 2.58. The van der Waals surface area contributed by atoms with E-state index < -0.39 is 5.60 Å². The van der Waals surface area contributed by atoms with Crippen LogP contribution in [0.3, 0.4) is 0 Å². The first-order valence-corrected chi connectivity index (χ1v) is 6.39. The molecule has 0 spiro atoms. The molecule has 0 aromatic heterocycles. The molecular formula is C13H23NO4. The van der Waals surface area contributed by atoms with Gasteiger partial charge in [-0.05, 0) is 33.6 Å². The molecule has 0 aromatic carbocycles. The molecule has 0 saturated carbocycles. The van der Waals surface area contributed by atoms with Crippen LogP contribution in [0.1, 0.15) is 34.6 Å². The third-order valence-corrected chi connectivity index (χ3v) is 2.85. The zero-order valence-electron chi connectivity index (χ0n) is 11.9. The van der Waals surface area contributed by atoms with Gasteiger partial charge in [-0.1, -0.05) is 6.92 Å². The Hall–Kier alpha value is -1.26. The molecule has 0 aromatic rings. The number of hydrogen-bond donors (Lipinski definition) is 0. The van der Waals surface area contributed by atoms with Crippen molar-refractivity contribution < 1.29 is 19.1 Å². The molecule has 1 rings (SSSR count). The maximum atomic E-state index is 11.9. The molecule has 0 radical (unpaired) electrons. The summed E-state index contributed by atoms with van der Waals surface area (Å²) in [5.74, 6) is -0.356. The topological polar surface area (TPSA) is 55.8 Å². The van der Waals surface area contributed by atoms with Gasteiger partial charge in [0.15, 0.2) is 0 Å². The quantitative estimate of drug-likeness (QED) is 0.710. The van der Waals surface area contributed by atoms with E-state index >= 15 is 0 Å². The van der Waals surface area contributed by atoms with Crippen molar-refractivity contribution in [1.82, 2.24) is 4.90 Å². The molecule has 5 nitrogen and oxygen atoms in total. The second kappa shape index (κ2) is 5.59. The molecule has 1 saturated heterocycles. The maximum Gasteiger partial charge on any atom is 0.410 e. The molecule has 104 valence electrons. The molecule has 5 heteroatoms. The van der Waals surface area contributed by atoms with E-state index in [-0.39, 0.29) is 23.9 Å². The number of carbonyl (C=O) groups is 2. The van der Waals surface area contributed by atoms with Gasteiger partial charge < -0.3 is 14.4 Å². The van der Waals surface area contributed by atoms with E-state index in [1.807, 2.05) is 27.7 Å². The lowest BCUT2D eigenvalue weighted by Crippen LogP contribution is -2.36. The van der Waals surface area contributed by atoms with Crippen molar-refractivity contribution in [2.45, 2.75) is 40.2 Å². The lowest BCUT2D eigenvalue weighted by molar-refractivity contribution is -0.148. The van der Waals surface area contributed by atoms with Crippen molar-refractivity contribution in [3.63, 3.8) is 0 Å². The Morgan fingerprint density at radius 2 is 1.89 bits per heavy atom. The summed E-state index contributed by atoms with van der Waals surface area (Å²) >= 11 is 0. The number of rotatable bonds is 2. The number of ether oxygens (including phenoxy) is 2. The predicted molar refractivity (Wildman–Crippen MR) is 67.1 cm³/mol. The van der Waals surface area contributed by atoms with Crippen molar-refractivity contribution in [1.29, 1.82) is 0 Å². The van der Waals surface area contributed by atoms with E-state index in [1.54, 1.807) is 11.8 Å². The summed E-state index contributed by atoms with van der Waals surface area (Å²) in [6.07, 6.45) is -0.360. The molecule has 0 unspecified atom stereocenters. The second-order valence-electron chi connectivity index (χ2n) is 5.72. The first kappa shape index (κ1) is 14.8. The fourth-order valence-corrected chi connectivity index (χ4v) is 2.00. The predicted octanol–water partition coefficient (Wildman–Crippen LogP) is 2.05. The number of likely N-dealkylation sites (tertiary alicyclic amines) is 1. The zero-order chi connectivity index (χ0) is 13.9. The van der Waals surface area contributed by atoms with Crippen LogP contribution in [0.4, 0.5) is 4.79 Å². The van der Waals surface area contributed by atoms with Crippen LogP contribution >= 0.6 is 0 Å². The summed E-state index contributed by atoms with van der Waals surface area (Å²) in [7, 11) is 0. The highest BCUT2D eigenvalue weighted by atomic mass is 16.6. The Labute approximate surface area is 108 Å². The summed E-state index contributed by atoms with van der Waals surface area (Å²) in [5, 5.41) is 0. The third-order valence-electron chi connectivity index (χ3n) is 2.85. The fourth-order valence-electron chi connectivity index (χ4n) is 2.00. The van der Waals surface area contributed by atoms with Crippen molar-refractivity contribution in [3.05, 3.63) is 0 Å². The smallest absolute Gasteiger partial charge is 0.410 e. The van der Waals surface area contributed by atoms with Crippen molar-refractivity contribution in [2.24, 2.45) is 11.8 Å². The van der Waals surface area contributed by atoms with Crippen LogP contribution in [0.5, 0.6) is 0 Å². The average molecular weight is 257 g/mol. The van der Waals surface area contributed by atoms with E-state index in [0.29, 0.717) is 19.7 Å². The minimum atomic E-state index is -0.512. The van der Waals surface area contributed by atoms with E-state index in [9.17, 15) is 9.59 Å². The van der Waals surface area contributed by atoms with E-state index in [1.165, 1.54) is 0 Å². The largest absolute Gasteiger partial charge is 0.466 e. The summed E-state index contributed by atoms with van der Waals surface area (Å²) in [4.78, 5) is 25.2. The van der Waals surface area contributed by atoms with Crippen molar-refractivity contribution in [2.75, 3.05) is 19.7 Å². The minimum Gasteiger partial charge on any atom is -0.466 e. The highest BCUT2D eigenvalue weighted by Gasteiger charge is 2.39. The lowest BCUT2D eigenvalue weighted by atomic mass is 9.99. The summed E-state index contributed by atoms with van der Waals surface area (Å²) < 4.78 is 10.3. The highest BCUT2D eigenvalue weighted by Crippen LogP contribution is 2.25. The number of esters is 1. The summed E-state index contributed by atoms with van der Waals surface area (Å²) in [6.45, 7) is 10.5. The van der Waals surface area contributed by atoms with Crippen molar-refractivity contribution in [3.8, 4) is 0 Å². The van der Waals surface area contributed by atoms with Gasteiger partial charge in [0.05, 0.1) is 12.5 Å². The third kappa shape index (κ3) is 3.89. The van der Waals surface area contributed by atoms with Crippen molar-refractivity contribution >= 4 is 12.1 Å². The van der Waals surface area contributed by atoms with Gasteiger partial charge in [0.25, 0.3) is 0 Å². The van der Waals surface area contributed by atoms with Gasteiger partial charge in [-0.2, -0.15) is 0 Å². The molecule has 1 heterocycles. The Bertz CT molecular complexity index is 321. The second-order valence-corrected chi connectivity index (χ2v) is 5.72. The van der Waals surface area contributed by atoms with E-state index in [4.69, 9.17) is 9.47 Å². The Kier molecular flexibility index (Phi) is 4.59. The molecule has 1 amide bonds. The van der Waals surface area contributed by atoms with E-state index in [2.05, 4.69) is 0 Å². The molecule has 2 atom stereocenters. The summed E-state index contributed by atoms with van der Waals surface area (Å²) in [6, 6.07) is 0. The van der Waals surface area contributed by atoms with Crippen LogP contribution in [-0.4, -0.2) is 42.3 Å².